The highest BCUT2D eigenvalue weighted by Gasteiger charge is 2.22. The molecule has 0 unspecified atom stereocenters. The minimum atomic E-state index is -0.0934. The van der Waals surface area contributed by atoms with Gasteiger partial charge in [-0.1, -0.05) is 61.0 Å². The van der Waals surface area contributed by atoms with Crippen molar-refractivity contribution in [3.8, 4) is 11.1 Å². The van der Waals surface area contributed by atoms with Gasteiger partial charge in [-0.3, -0.25) is 9.59 Å². The molecule has 3 aromatic carbocycles. The lowest BCUT2D eigenvalue weighted by Gasteiger charge is -2.09. The summed E-state index contributed by atoms with van der Waals surface area (Å²) in [6.45, 7) is 2.54. The summed E-state index contributed by atoms with van der Waals surface area (Å²) in [6.07, 6.45) is 4.57. The number of hydrogen-bond donors (Lipinski definition) is 3. The average Bonchev–Trinajstić information content (AvgIpc) is 3.12. The molecule has 0 saturated carbocycles. The van der Waals surface area contributed by atoms with Crippen LogP contribution in [0.2, 0.25) is 0 Å². The van der Waals surface area contributed by atoms with Gasteiger partial charge in [0, 0.05) is 19.0 Å². The number of rotatable bonds is 8. The molecule has 1 aliphatic carbocycles. The average molecular weight is 440 g/mol. The molecule has 0 spiro atoms. The molecule has 5 nitrogen and oxygen atoms in total. The van der Waals surface area contributed by atoms with E-state index in [0.29, 0.717) is 24.3 Å². The number of carbonyl (C=O) groups excluding carboxylic acids is 2. The van der Waals surface area contributed by atoms with Crippen LogP contribution in [-0.2, 0) is 9.59 Å². The molecule has 4 N–H and O–H groups in total. The van der Waals surface area contributed by atoms with E-state index in [1.54, 1.807) is 6.08 Å². The first-order valence-corrected chi connectivity index (χ1v) is 11.4. The summed E-state index contributed by atoms with van der Waals surface area (Å²) in [6, 6.07) is 21.9. The van der Waals surface area contributed by atoms with Gasteiger partial charge in [-0.25, -0.2) is 0 Å². The number of unbranched alkanes of at least 4 members (excludes halogenated alkanes) is 2. The summed E-state index contributed by atoms with van der Waals surface area (Å²) in [5.41, 5.74) is 13.7. The lowest BCUT2D eigenvalue weighted by atomic mass is 10.0. The molecular weight excluding hydrogens is 410 g/mol. The van der Waals surface area contributed by atoms with Gasteiger partial charge in [-0.15, -0.1) is 0 Å². The zero-order chi connectivity index (χ0) is 23.2. The van der Waals surface area contributed by atoms with Crippen molar-refractivity contribution in [2.75, 3.05) is 17.6 Å². The second-order valence-corrected chi connectivity index (χ2v) is 8.39. The molecule has 0 heterocycles. The van der Waals surface area contributed by atoms with Gasteiger partial charge in [-0.05, 0) is 65.3 Å². The monoisotopic (exact) mass is 439 g/mol. The van der Waals surface area contributed by atoms with Crippen LogP contribution in [-0.4, -0.2) is 18.4 Å². The van der Waals surface area contributed by atoms with Crippen LogP contribution in [0.4, 0.5) is 11.4 Å². The van der Waals surface area contributed by atoms with E-state index in [1.807, 2.05) is 49.4 Å². The topological polar surface area (TPSA) is 84.2 Å². The minimum absolute atomic E-state index is 0.0436. The Morgan fingerprint density at radius 3 is 2.12 bits per heavy atom. The van der Waals surface area contributed by atoms with E-state index < -0.39 is 0 Å². The van der Waals surface area contributed by atoms with Crippen molar-refractivity contribution in [2.45, 2.75) is 32.6 Å². The van der Waals surface area contributed by atoms with E-state index in [2.05, 4.69) is 34.9 Å². The van der Waals surface area contributed by atoms with E-state index in [9.17, 15) is 9.59 Å². The van der Waals surface area contributed by atoms with Crippen molar-refractivity contribution in [3.63, 3.8) is 0 Å². The normalized spacial score (nSPS) is 11.5. The molecule has 0 atom stereocenters. The van der Waals surface area contributed by atoms with Gasteiger partial charge < -0.3 is 16.4 Å². The summed E-state index contributed by atoms with van der Waals surface area (Å²) in [5, 5.41) is 5.84. The molecule has 0 fully saturated rings. The number of fused-ring (bicyclic) bond motifs is 3. The molecule has 2 amide bonds. The first-order chi connectivity index (χ1) is 16.0. The Morgan fingerprint density at radius 1 is 0.848 bits per heavy atom. The van der Waals surface area contributed by atoms with Crippen LogP contribution in [0.3, 0.4) is 0 Å². The highest BCUT2D eigenvalue weighted by molar-refractivity contribution is 6.08. The molecule has 0 bridgehead atoms. The predicted molar refractivity (Wildman–Crippen MR) is 135 cm³/mol. The number of nitrogens with one attached hydrogen (secondary N) is 2. The van der Waals surface area contributed by atoms with Crippen molar-refractivity contribution in [3.05, 3.63) is 89.5 Å². The van der Waals surface area contributed by atoms with Gasteiger partial charge in [0.1, 0.15) is 0 Å². The third-order valence-electron chi connectivity index (χ3n) is 5.86. The van der Waals surface area contributed by atoms with Gasteiger partial charge in [0.2, 0.25) is 11.8 Å². The van der Waals surface area contributed by atoms with Crippen LogP contribution in [0.1, 0.15) is 42.4 Å². The Morgan fingerprint density at radius 2 is 1.48 bits per heavy atom. The molecular formula is C28H29N3O2. The van der Waals surface area contributed by atoms with Crippen molar-refractivity contribution in [1.82, 2.24) is 5.32 Å². The van der Waals surface area contributed by atoms with Crippen molar-refractivity contribution in [2.24, 2.45) is 0 Å². The maximum atomic E-state index is 12.6. The van der Waals surface area contributed by atoms with Gasteiger partial charge in [0.25, 0.3) is 0 Å². The van der Waals surface area contributed by atoms with Crippen molar-refractivity contribution in [1.29, 1.82) is 0 Å². The number of nitrogens with two attached hydrogens (primary N) is 1. The summed E-state index contributed by atoms with van der Waals surface area (Å²) >= 11 is 0. The zero-order valence-electron chi connectivity index (χ0n) is 18.9. The Balaban J connectivity index is 1.22. The molecule has 4 rings (SSSR count). The third kappa shape index (κ3) is 5.32. The molecule has 0 saturated heterocycles. The molecule has 1 aliphatic rings. The number of anilines is 2. The van der Waals surface area contributed by atoms with E-state index in [4.69, 9.17) is 5.73 Å². The van der Waals surface area contributed by atoms with Crippen molar-refractivity contribution >= 4 is 28.8 Å². The molecule has 33 heavy (non-hydrogen) atoms. The minimum Gasteiger partial charge on any atom is -0.397 e. The van der Waals surface area contributed by atoms with Gasteiger partial charge in [0.15, 0.2) is 0 Å². The molecule has 168 valence electrons. The zero-order valence-corrected chi connectivity index (χ0v) is 18.9. The van der Waals surface area contributed by atoms with Gasteiger partial charge >= 0.3 is 0 Å². The second kappa shape index (κ2) is 10.2. The van der Waals surface area contributed by atoms with Crippen LogP contribution >= 0.6 is 0 Å². The van der Waals surface area contributed by atoms with E-state index in [1.165, 1.54) is 0 Å². The fourth-order valence-electron chi connectivity index (χ4n) is 4.20. The Bertz CT molecular complexity index is 1170. The summed E-state index contributed by atoms with van der Waals surface area (Å²) in [7, 11) is 0. The van der Waals surface area contributed by atoms with Crippen LogP contribution in [0.15, 0.2) is 72.8 Å². The quantitative estimate of drug-likeness (QED) is 0.198. The summed E-state index contributed by atoms with van der Waals surface area (Å²) in [4.78, 5) is 24.7. The maximum absolute atomic E-state index is 12.6. The number of amides is 2. The molecule has 0 aliphatic heterocycles. The Kier molecular flexibility index (Phi) is 6.89. The maximum Gasteiger partial charge on any atom is 0.244 e. The second-order valence-electron chi connectivity index (χ2n) is 8.39. The van der Waals surface area contributed by atoms with Crippen LogP contribution in [0.25, 0.3) is 16.7 Å². The van der Waals surface area contributed by atoms with Gasteiger partial charge in [0.05, 0.1) is 11.4 Å². The first-order valence-electron chi connectivity index (χ1n) is 11.4. The van der Waals surface area contributed by atoms with Crippen LogP contribution in [0.5, 0.6) is 0 Å². The van der Waals surface area contributed by atoms with E-state index >= 15 is 0 Å². The number of benzene rings is 3. The van der Waals surface area contributed by atoms with E-state index in [-0.39, 0.29) is 11.8 Å². The number of aryl methyl sites for hydroxylation is 1. The first kappa shape index (κ1) is 22.3. The highest BCUT2D eigenvalue weighted by atomic mass is 16.2. The Labute approximate surface area is 194 Å². The summed E-state index contributed by atoms with van der Waals surface area (Å²) < 4.78 is 0. The number of nitrogen functional groups attached to an aromatic ring is 1. The molecule has 0 aromatic heterocycles. The summed E-state index contributed by atoms with van der Waals surface area (Å²) in [5.74, 6) is -0.137. The Hall–Kier alpha value is -3.86. The van der Waals surface area contributed by atoms with Gasteiger partial charge in [-0.2, -0.15) is 0 Å². The van der Waals surface area contributed by atoms with Crippen molar-refractivity contribution < 1.29 is 9.59 Å². The fraction of sp³-hybridized carbons (Fsp3) is 0.214. The molecule has 5 heteroatoms. The largest absolute Gasteiger partial charge is 0.397 e. The lowest BCUT2D eigenvalue weighted by Crippen LogP contribution is -2.22. The molecule has 0 radical (unpaired) electrons. The number of hydrogen-bond acceptors (Lipinski definition) is 3. The molecule has 3 aromatic rings. The highest BCUT2D eigenvalue weighted by Crippen LogP contribution is 2.43. The van der Waals surface area contributed by atoms with Crippen LogP contribution < -0.4 is 16.4 Å². The third-order valence-corrected chi connectivity index (χ3v) is 5.86. The predicted octanol–water partition coefficient (Wildman–Crippen LogP) is 5.30. The smallest absolute Gasteiger partial charge is 0.244 e. The standard InChI is InChI=1S/C28H29N3O2/c1-19-14-15-26(25(29)17-19)31-27(32)13-3-2-8-16-30-28(33)18-24-22-11-6-4-9-20(22)21-10-5-7-12-23(21)24/h4-7,9-12,14-15,17-18H,2-3,8,13,16,29H2,1H3,(H,30,33)(H,31,32). The SMILES string of the molecule is Cc1ccc(NC(=O)CCCCCNC(=O)C=C2c3ccccc3-c3ccccc32)c(N)c1. The van der Waals surface area contributed by atoms with Crippen LogP contribution in [0, 0.1) is 6.92 Å². The lowest BCUT2D eigenvalue weighted by molar-refractivity contribution is -0.117. The number of carbonyl (C=O) groups is 2. The fourth-order valence-corrected chi connectivity index (χ4v) is 4.20. The van der Waals surface area contributed by atoms with E-state index in [0.717, 1.165) is 52.7 Å².